The van der Waals surface area contributed by atoms with E-state index >= 15 is 0 Å². The zero-order valence-corrected chi connectivity index (χ0v) is 10.1. The van der Waals surface area contributed by atoms with Crippen LogP contribution in [0, 0.1) is 23.7 Å². The van der Waals surface area contributed by atoms with E-state index in [-0.39, 0.29) is 11.5 Å². The van der Waals surface area contributed by atoms with Crippen LogP contribution < -0.4 is 0 Å². The molecule has 1 atom stereocenters. The summed E-state index contributed by atoms with van der Waals surface area (Å²) in [5.41, 5.74) is 1.43. The average Bonchev–Trinajstić information content (AvgIpc) is 2.85. The Kier molecular flexibility index (Phi) is 3.00. The summed E-state index contributed by atoms with van der Waals surface area (Å²) in [6.07, 6.45) is 9.53. The second kappa shape index (κ2) is 4.29. The predicted molar refractivity (Wildman–Crippen MR) is 62.8 cm³/mol. The molecule has 2 rings (SSSR count). The summed E-state index contributed by atoms with van der Waals surface area (Å²) < 4.78 is 2.00. The van der Waals surface area contributed by atoms with Crippen LogP contribution in [0.3, 0.4) is 0 Å². The monoisotopic (exact) mass is 217 g/mol. The summed E-state index contributed by atoms with van der Waals surface area (Å²) in [4.78, 5) is 0. The Balaban J connectivity index is 2.27. The highest BCUT2D eigenvalue weighted by Crippen LogP contribution is 2.47. The fraction of sp³-hybridized carbons (Fsp3) is 0.692. The summed E-state index contributed by atoms with van der Waals surface area (Å²) in [7, 11) is 0. The number of rotatable bonds is 3. The minimum absolute atomic E-state index is 0.244. The first-order chi connectivity index (χ1) is 7.65. The minimum atomic E-state index is 0.244. The van der Waals surface area contributed by atoms with E-state index in [2.05, 4.69) is 24.3 Å². The fourth-order valence-electron chi connectivity index (χ4n) is 2.87. The molecule has 1 saturated carbocycles. The number of nitriles is 1. The van der Waals surface area contributed by atoms with Gasteiger partial charge in [0.25, 0.3) is 0 Å². The Hall–Kier alpha value is -1.30. The molecule has 3 heteroatoms. The summed E-state index contributed by atoms with van der Waals surface area (Å²) in [6.45, 7) is 4.35. The largest absolute Gasteiger partial charge is 0.268 e. The van der Waals surface area contributed by atoms with Crippen molar-refractivity contribution in [2.75, 3.05) is 0 Å². The number of aryl methyl sites for hydroxylation is 1. The van der Waals surface area contributed by atoms with Crippen molar-refractivity contribution in [2.24, 2.45) is 5.41 Å². The molecule has 1 aromatic heterocycles. The van der Waals surface area contributed by atoms with Crippen LogP contribution in [0.4, 0.5) is 0 Å². The van der Waals surface area contributed by atoms with E-state index in [1.165, 1.54) is 31.2 Å². The molecule has 0 bridgehead atoms. The number of aromatic nitrogens is 2. The van der Waals surface area contributed by atoms with Gasteiger partial charge in [-0.05, 0) is 30.7 Å². The van der Waals surface area contributed by atoms with E-state index in [1.807, 2.05) is 17.8 Å². The van der Waals surface area contributed by atoms with Crippen LogP contribution in [0.2, 0.25) is 0 Å². The predicted octanol–water partition coefficient (Wildman–Crippen LogP) is 3.23. The van der Waals surface area contributed by atoms with E-state index in [4.69, 9.17) is 5.26 Å². The van der Waals surface area contributed by atoms with Crippen LogP contribution in [-0.2, 0) is 0 Å². The van der Waals surface area contributed by atoms with Crippen LogP contribution in [-0.4, -0.2) is 9.78 Å². The van der Waals surface area contributed by atoms with Gasteiger partial charge in [0.1, 0.15) is 0 Å². The lowest BCUT2D eigenvalue weighted by Crippen LogP contribution is -2.27. The van der Waals surface area contributed by atoms with Crippen LogP contribution in [0.15, 0.2) is 12.4 Å². The van der Waals surface area contributed by atoms with E-state index < -0.39 is 0 Å². The average molecular weight is 217 g/mol. The van der Waals surface area contributed by atoms with Crippen molar-refractivity contribution in [2.45, 2.75) is 52.0 Å². The van der Waals surface area contributed by atoms with E-state index in [9.17, 15) is 0 Å². The number of hydrogen-bond acceptors (Lipinski definition) is 2. The van der Waals surface area contributed by atoms with Gasteiger partial charge in [-0.25, -0.2) is 0 Å². The van der Waals surface area contributed by atoms with Crippen molar-refractivity contribution < 1.29 is 0 Å². The van der Waals surface area contributed by atoms with Crippen molar-refractivity contribution in [1.29, 1.82) is 5.26 Å². The van der Waals surface area contributed by atoms with Gasteiger partial charge >= 0.3 is 0 Å². The first kappa shape index (κ1) is 11.2. The molecule has 0 saturated heterocycles. The van der Waals surface area contributed by atoms with Crippen molar-refractivity contribution in [1.82, 2.24) is 9.78 Å². The van der Waals surface area contributed by atoms with Crippen LogP contribution in [0.25, 0.3) is 0 Å². The van der Waals surface area contributed by atoms with Gasteiger partial charge in [-0.3, -0.25) is 4.68 Å². The smallest absolute Gasteiger partial charge is 0.0702 e. The van der Waals surface area contributed by atoms with Gasteiger partial charge in [0, 0.05) is 6.20 Å². The first-order valence-electron chi connectivity index (χ1n) is 6.03. The standard InChI is InChI=1S/C13H19N3/c1-11-9-15-16(10-11)12(5-8-14)13(2)6-3-4-7-13/h9-10,12H,3-7H2,1-2H3. The molecule has 1 aliphatic rings. The molecule has 0 N–H and O–H groups in total. The third kappa shape index (κ3) is 1.97. The van der Waals surface area contributed by atoms with Gasteiger partial charge < -0.3 is 0 Å². The highest BCUT2D eigenvalue weighted by molar-refractivity contribution is 5.04. The molecule has 0 amide bonds. The Morgan fingerprint density at radius 3 is 2.75 bits per heavy atom. The van der Waals surface area contributed by atoms with E-state index in [0.29, 0.717) is 6.42 Å². The molecule has 86 valence electrons. The van der Waals surface area contributed by atoms with Gasteiger partial charge in [-0.15, -0.1) is 0 Å². The lowest BCUT2D eigenvalue weighted by molar-refractivity contribution is 0.185. The SMILES string of the molecule is Cc1cnn(C(CC#N)C2(C)CCCC2)c1. The highest BCUT2D eigenvalue weighted by atomic mass is 15.3. The van der Waals surface area contributed by atoms with E-state index in [1.54, 1.807) is 0 Å². The second-order valence-corrected chi connectivity index (χ2v) is 5.24. The summed E-state index contributed by atoms with van der Waals surface area (Å²) in [5.74, 6) is 0. The topological polar surface area (TPSA) is 41.6 Å². The summed E-state index contributed by atoms with van der Waals surface area (Å²) >= 11 is 0. The third-order valence-electron chi connectivity index (χ3n) is 3.88. The fourth-order valence-corrected chi connectivity index (χ4v) is 2.87. The Labute approximate surface area is 97.1 Å². The molecule has 0 aromatic carbocycles. The van der Waals surface area contributed by atoms with Crippen LogP contribution in [0.1, 0.15) is 50.6 Å². The van der Waals surface area contributed by atoms with Crippen LogP contribution in [0.5, 0.6) is 0 Å². The van der Waals surface area contributed by atoms with Gasteiger partial charge in [-0.1, -0.05) is 19.8 Å². The number of nitrogens with zero attached hydrogens (tertiary/aromatic N) is 3. The molecule has 16 heavy (non-hydrogen) atoms. The quantitative estimate of drug-likeness (QED) is 0.780. The van der Waals surface area contributed by atoms with Gasteiger partial charge in [-0.2, -0.15) is 10.4 Å². The van der Waals surface area contributed by atoms with Crippen molar-refractivity contribution in [3.8, 4) is 6.07 Å². The lowest BCUT2D eigenvalue weighted by atomic mass is 9.79. The normalized spacial score (nSPS) is 20.6. The molecule has 0 spiro atoms. The molecular formula is C13H19N3. The lowest BCUT2D eigenvalue weighted by Gasteiger charge is -2.32. The maximum absolute atomic E-state index is 8.99. The van der Waals surface area contributed by atoms with Gasteiger partial charge in [0.2, 0.25) is 0 Å². The first-order valence-corrected chi connectivity index (χ1v) is 6.03. The maximum atomic E-state index is 8.99. The van der Waals surface area contributed by atoms with Crippen molar-refractivity contribution in [3.63, 3.8) is 0 Å². The molecular weight excluding hydrogens is 198 g/mol. The molecule has 0 aliphatic heterocycles. The second-order valence-electron chi connectivity index (χ2n) is 5.24. The van der Waals surface area contributed by atoms with Gasteiger partial charge in [0.05, 0.1) is 24.7 Å². The third-order valence-corrected chi connectivity index (χ3v) is 3.88. The van der Waals surface area contributed by atoms with Crippen molar-refractivity contribution in [3.05, 3.63) is 18.0 Å². The zero-order chi connectivity index (χ0) is 11.6. The molecule has 1 fully saturated rings. The minimum Gasteiger partial charge on any atom is -0.268 e. The van der Waals surface area contributed by atoms with Gasteiger partial charge in [0.15, 0.2) is 0 Å². The summed E-state index contributed by atoms with van der Waals surface area (Å²) in [6, 6.07) is 2.56. The van der Waals surface area contributed by atoms with Crippen molar-refractivity contribution >= 4 is 0 Å². The molecule has 3 nitrogen and oxygen atoms in total. The molecule has 1 aromatic rings. The Morgan fingerprint density at radius 1 is 1.56 bits per heavy atom. The summed E-state index contributed by atoms with van der Waals surface area (Å²) in [5, 5.41) is 13.4. The number of hydrogen-bond donors (Lipinski definition) is 0. The Bertz CT molecular complexity index is 394. The highest BCUT2D eigenvalue weighted by Gasteiger charge is 2.38. The maximum Gasteiger partial charge on any atom is 0.0702 e. The van der Waals surface area contributed by atoms with Crippen LogP contribution >= 0.6 is 0 Å². The molecule has 1 unspecified atom stereocenters. The molecule has 1 aliphatic carbocycles. The Morgan fingerprint density at radius 2 is 2.25 bits per heavy atom. The zero-order valence-electron chi connectivity index (χ0n) is 10.1. The molecule has 0 radical (unpaired) electrons. The van der Waals surface area contributed by atoms with E-state index in [0.717, 1.165) is 0 Å². The molecule has 1 heterocycles.